The number of methoxy groups -OCH3 is 1. The fraction of sp³-hybridized carbons (Fsp3) is 0.500. The molecule has 0 amide bonds. The summed E-state index contributed by atoms with van der Waals surface area (Å²) in [6, 6.07) is 5.24. The predicted octanol–water partition coefficient (Wildman–Crippen LogP) is 2.44. The minimum absolute atomic E-state index is 0.239. The molecule has 0 aromatic heterocycles. The Balaban J connectivity index is 2.47. The van der Waals surface area contributed by atoms with Crippen LogP contribution in [0.15, 0.2) is 18.2 Å². The number of para-hydroxylation sites is 1. The third kappa shape index (κ3) is 4.37. The zero-order valence-corrected chi connectivity index (χ0v) is 10.7. The second kappa shape index (κ2) is 8.53. The highest BCUT2D eigenvalue weighted by Gasteiger charge is 2.09. The van der Waals surface area contributed by atoms with Crippen molar-refractivity contribution in [1.82, 2.24) is 0 Å². The largest absolute Gasteiger partial charge is 0.493 e. The van der Waals surface area contributed by atoms with E-state index in [4.69, 9.17) is 14.6 Å². The van der Waals surface area contributed by atoms with Gasteiger partial charge < -0.3 is 14.6 Å². The third-order valence-electron chi connectivity index (χ3n) is 2.66. The van der Waals surface area contributed by atoms with E-state index < -0.39 is 0 Å². The van der Waals surface area contributed by atoms with Crippen LogP contribution in [0.4, 0.5) is 0 Å². The van der Waals surface area contributed by atoms with Crippen molar-refractivity contribution in [2.75, 3.05) is 20.3 Å². The molecule has 0 saturated carbocycles. The van der Waals surface area contributed by atoms with Crippen molar-refractivity contribution in [1.29, 1.82) is 0 Å². The summed E-state index contributed by atoms with van der Waals surface area (Å²) in [5, 5.41) is 8.65. The summed E-state index contributed by atoms with van der Waals surface area (Å²) < 4.78 is 10.8. The lowest BCUT2D eigenvalue weighted by Crippen LogP contribution is -2.02. The number of rotatable bonds is 9. The topological polar surface area (TPSA) is 55.8 Å². The lowest BCUT2D eigenvalue weighted by atomic mass is 10.2. The van der Waals surface area contributed by atoms with Gasteiger partial charge in [0.1, 0.15) is 0 Å². The quantitative estimate of drug-likeness (QED) is 0.541. The van der Waals surface area contributed by atoms with Crippen molar-refractivity contribution in [3.63, 3.8) is 0 Å². The minimum atomic E-state index is 0.239. The van der Waals surface area contributed by atoms with Gasteiger partial charge in [-0.15, -0.1) is 0 Å². The first-order chi connectivity index (χ1) is 8.83. The van der Waals surface area contributed by atoms with Gasteiger partial charge in [-0.3, -0.25) is 4.79 Å². The van der Waals surface area contributed by atoms with Gasteiger partial charge in [-0.05, 0) is 31.4 Å². The van der Waals surface area contributed by atoms with Gasteiger partial charge in [0.2, 0.25) is 0 Å². The molecule has 18 heavy (non-hydrogen) atoms. The molecule has 0 aliphatic carbocycles. The summed E-state index contributed by atoms with van der Waals surface area (Å²) in [6.07, 6.45) is 4.49. The second-order valence-electron chi connectivity index (χ2n) is 3.98. The van der Waals surface area contributed by atoms with Crippen molar-refractivity contribution >= 4 is 6.29 Å². The number of carbonyl (C=O) groups excluding carboxylic acids is 1. The van der Waals surface area contributed by atoms with E-state index in [0.29, 0.717) is 23.7 Å². The molecule has 0 radical (unpaired) electrons. The molecule has 0 aliphatic rings. The molecule has 0 saturated heterocycles. The van der Waals surface area contributed by atoms with E-state index in [1.165, 1.54) is 0 Å². The Labute approximate surface area is 108 Å². The molecule has 4 heteroatoms. The van der Waals surface area contributed by atoms with Crippen molar-refractivity contribution in [3.05, 3.63) is 23.8 Å². The summed E-state index contributed by atoms with van der Waals surface area (Å²) >= 11 is 0. The van der Waals surface area contributed by atoms with E-state index >= 15 is 0 Å². The Morgan fingerprint density at radius 3 is 2.67 bits per heavy atom. The van der Waals surface area contributed by atoms with Crippen LogP contribution in [0, 0.1) is 0 Å². The van der Waals surface area contributed by atoms with Crippen LogP contribution in [0.2, 0.25) is 0 Å². The zero-order valence-electron chi connectivity index (χ0n) is 10.7. The molecule has 0 unspecified atom stereocenters. The number of ether oxygens (including phenoxy) is 2. The van der Waals surface area contributed by atoms with Crippen LogP contribution >= 0.6 is 0 Å². The van der Waals surface area contributed by atoms with E-state index in [2.05, 4.69) is 0 Å². The smallest absolute Gasteiger partial charge is 0.171 e. The highest BCUT2D eigenvalue weighted by Crippen LogP contribution is 2.30. The van der Waals surface area contributed by atoms with Crippen LogP contribution in [-0.2, 0) is 0 Å². The monoisotopic (exact) mass is 252 g/mol. The Morgan fingerprint density at radius 2 is 2.00 bits per heavy atom. The van der Waals surface area contributed by atoms with E-state index in [0.717, 1.165) is 32.0 Å². The number of aliphatic hydroxyl groups is 1. The molecule has 1 rings (SSSR count). The molecular formula is C14H20O4. The molecule has 100 valence electrons. The Bertz CT molecular complexity index is 363. The first-order valence-corrected chi connectivity index (χ1v) is 6.19. The summed E-state index contributed by atoms with van der Waals surface area (Å²) in [5.74, 6) is 1.09. The lowest BCUT2D eigenvalue weighted by molar-refractivity contribution is 0.111. The fourth-order valence-corrected chi connectivity index (χ4v) is 1.68. The second-order valence-corrected chi connectivity index (χ2v) is 3.98. The fourth-order valence-electron chi connectivity index (χ4n) is 1.68. The Hall–Kier alpha value is -1.55. The van der Waals surface area contributed by atoms with Gasteiger partial charge >= 0.3 is 0 Å². The van der Waals surface area contributed by atoms with Gasteiger partial charge in [0, 0.05) is 6.61 Å². The van der Waals surface area contributed by atoms with Gasteiger partial charge in [-0.25, -0.2) is 0 Å². The number of hydrogen-bond acceptors (Lipinski definition) is 4. The summed E-state index contributed by atoms with van der Waals surface area (Å²) in [4.78, 5) is 10.9. The highest BCUT2D eigenvalue weighted by atomic mass is 16.5. The molecule has 0 fully saturated rings. The van der Waals surface area contributed by atoms with Gasteiger partial charge in [0.25, 0.3) is 0 Å². The summed E-state index contributed by atoms with van der Waals surface area (Å²) in [5.41, 5.74) is 0.504. The van der Waals surface area contributed by atoms with Crippen LogP contribution < -0.4 is 9.47 Å². The van der Waals surface area contributed by atoms with Gasteiger partial charge in [0.05, 0.1) is 19.3 Å². The average molecular weight is 252 g/mol. The number of unbranched alkanes of at least 4 members (excludes halogenated alkanes) is 3. The molecule has 1 N–H and O–H groups in total. The van der Waals surface area contributed by atoms with E-state index in [-0.39, 0.29) is 6.61 Å². The molecule has 0 heterocycles. The average Bonchev–Trinajstić information content (AvgIpc) is 2.42. The Kier molecular flexibility index (Phi) is 6.87. The van der Waals surface area contributed by atoms with Gasteiger partial charge in [-0.2, -0.15) is 0 Å². The first kappa shape index (κ1) is 14.5. The predicted molar refractivity (Wildman–Crippen MR) is 69.4 cm³/mol. The minimum Gasteiger partial charge on any atom is -0.493 e. The van der Waals surface area contributed by atoms with Crippen molar-refractivity contribution in [2.24, 2.45) is 0 Å². The van der Waals surface area contributed by atoms with Crippen LogP contribution in [-0.4, -0.2) is 31.7 Å². The maximum absolute atomic E-state index is 10.9. The molecular weight excluding hydrogens is 232 g/mol. The zero-order chi connectivity index (χ0) is 13.2. The van der Waals surface area contributed by atoms with Crippen LogP contribution in [0.5, 0.6) is 11.5 Å². The lowest BCUT2D eigenvalue weighted by Gasteiger charge is -2.12. The van der Waals surface area contributed by atoms with Gasteiger partial charge in [-0.1, -0.05) is 12.5 Å². The maximum atomic E-state index is 10.9. The SMILES string of the molecule is COc1cccc(C=O)c1OCCCCCCO. The molecule has 0 spiro atoms. The van der Waals surface area contributed by atoms with Crippen molar-refractivity contribution in [2.45, 2.75) is 25.7 Å². The number of benzene rings is 1. The van der Waals surface area contributed by atoms with Crippen LogP contribution in [0.25, 0.3) is 0 Å². The molecule has 1 aromatic carbocycles. The maximum Gasteiger partial charge on any atom is 0.171 e. The van der Waals surface area contributed by atoms with E-state index in [1.807, 2.05) is 0 Å². The number of carbonyl (C=O) groups is 1. The standard InChI is InChI=1S/C14H20O4/c1-17-13-8-6-7-12(11-16)14(13)18-10-5-3-2-4-9-15/h6-8,11,15H,2-5,9-10H2,1H3. The first-order valence-electron chi connectivity index (χ1n) is 6.19. The van der Waals surface area contributed by atoms with Crippen LogP contribution in [0.1, 0.15) is 36.0 Å². The number of hydrogen-bond donors (Lipinski definition) is 1. The molecule has 0 atom stereocenters. The molecule has 0 aliphatic heterocycles. The summed E-state index contributed by atoms with van der Waals surface area (Å²) in [6.45, 7) is 0.787. The highest BCUT2D eigenvalue weighted by molar-refractivity contribution is 5.81. The summed E-state index contributed by atoms with van der Waals surface area (Å²) in [7, 11) is 1.55. The number of aldehydes is 1. The van der Waals surface area contributed by atoms with Crippen molar-refractivity contribution < 1.29 is 19.4 Å². The normalized spacial score (nSPS) is 10.1. The Morgan fingerprint density at radius 1 is 1.22 bits per heavy atom. The van der Waals surface area contributed by atoms with Crippen molar-refractivity contribution in [3.8, 4) is 11.5 Å². The van der Waals surface area contributed by atoms with Crippen LogP contribution in [0.3, 0.4) is 0 Å². The number of aliphatic hydroxyl groups excluding tert-OH is 1. The third-order valence-corrected chi connectivity index (χ3v) is 2.66. The van der Waals surface area contributed by atoms with E-state index in [9.17, 15) is 4.79 Å². The molecule has 4 nitrogen and oxygen atoms in total. The van der Waals surface area contributed by atoms with Gasteiger partial charge in [0.15, 0.2) is 17.8 Å². The van der Waals surface area contributed by atoms with E-state index in [1.54, 1.807) is 25.3 Å². The molecule has 0 bridgehead atoms. The molecule has 1 aromatic rings.